The highest BCUT2D eigenvalue weighted by molar-refractivity contribution is 5.91. The van der Waals surface area contributed by atoms with Gasteiger partial charge < -0.3 is 29.6 Å². The largest absolute Gasteiger partial charge is 0.493 e. The van der Waals surface area contributed by atoms with E-state index in [9.17, 15) is 14.4 Å². The zero-order valence-corrected chi connectivity index (χ0v) is 24.9. The Bertz CT molecular complexity index is 941. The van der Waals surface area contributed by atoms with Crippen molar-refractivity contribution in [1.82, 2.24) is 5.32 Å². The number of benzene rings is 1. The fourth-order valence-electron chi connectivity index (χ4n) is 4.61. The molecule has 1 aromatic rings. The monoisotopic (exact) mass is 548 g/mol. The predicted molar refractivity (Wildman–Crippen MR) is 151 cm³/mol. The summed E-state index contributed by atoms with van der Waals surface area (Å²) in [7, 11) is 1.65. The summed E-state index contributed by atoms with van der Waals surface area (Å²) in [5.41, 5.74) is -0.0134. The smallest absolute Gasteiger partial charge is 0.408 e. The Labute approximate surface area is 233 Å². The molecule has 4 atom stereocenters. The van der Waals surface area contributed by atoms with Crippen LogP contribution in [0.3, 0.4) is 0 Å². The number of anilines is 1. The van der Waals surface area contributed by atoms with Crippen molar-refractivity contribution in [2.24, 2.45) is 23.7 Å². The molecule has 0 aliphatic carbocycles. The minimum Gasteiger partial charge on any atom is -0.493 e. The van der Waals surface area contributed by atoms with Crippen LogP contribution in [0, 0.1) is 23.7 Å². The van der Waals surface area contributed by atoms with E-state index in [1.54, 1.807) is 33.9 Å². The first-order valence-electron chi connectivity index (χ1n) is 14.0. The molecule has 9 heteroatoms. The standard InChI is InChI=1S/C30H48N2O7/c1-19(2)21(16-27(33)31-22-11-9-12-23(17-22)37-14-10-13-36-8)15-25(32-29(35)39-30(5,6)7)26-18-24(20(3)4)28(34)38-26/h9,11-12,17,19-21,24-26H,10,13-16,18H2,1-8H3,(H,31,33)(H,32,35)/t21-,24+,25+,26+/m1/s1. The number of ether oxygens (including phenoxy) is 4. The maximum absolute atomic E-state index is 13.1. The molecule has 0 unspecified atom stereocenters. The minimum absolute atomic E-state index is 0.0739. The van der Waals surface area contributed by atoms with Crippen LogP contribution in [-0.4, -0.2) is 56.0 Å². The molecular weight excluding hydrogens is 500 g/mol. The van der Waals surface area contributed by atoms with Gasteiger partial charge in [0.15, 0.2) is 0 Å². The van der Waals surface area contributed by atoms with Gasteiger partial charge in [0.2, 0.25) is 5.91 Å². The first kappa shape index (κ1) is 32.4. The van der Waals surface area contributed by atoms with Crippen LogP contribution in [0.15, 0.2) is 24.3 Å². The molecule has 2 amide bonds. The summed E-state index contributed by atoms with van der Waals surface area (Å²) < 4.78 is 22.0. The molecule has 1 aromatic carbocycles. The van der Waals surface area contributed by atoms with E-state index in [-0.39, 0.29) is 42.0 Å². The molecule has 1 fully saturated rings. The molecule has 0 bridgehead atoms. The van der Waals surface area contributed by atoms with Gasteiger partial charge in [-0.1, -0.05) is 33.8 Å². The Morgan fingerprint density at radius 1 is 1.13 bits per heavy atom. The van der Waals surface area contributed by atoms with Gasteiger partial charge in [0.1, 0.15) is 17.5 Å². The van der Waals surface area contributed by atoms with E-state index < -0.39 is 23.8 Å². The number of cyclic esters (lactones) is 1. The third kappa shape index (κ3) is 11.4. The normalized spacial score (nSPS) is 19.0. The molecular formula is C30H48N2O7. The van der Waals surface area contributed by atoms with Crippen LogP contribution in [0.5, 0.6) is 5.75 Å². The summed E-state index contributed by atoms with van der Waals surface area (Å²) >= 11 is 0. The Kier molecular flexibility index (Phi) is 12.5. The van der Waals surface area contributed by atoms with Crippen molar-refractivity contribution >= 4 is 23.7 Å². The van der Waals surface area contributed by atoms with Crippen molar-refractivity contribution in [2.45, 2.75) is 91.9 Å². The molecule has 1 aliphatic heterocycles. The summed E-state index contributed by atoms with van der Waals surface area (Å²) in [6, 6.07) is 6.82. The summed E-state index contributed by atoms with van der Waals surface area (Å²) in [4.78, 5) is 38.3. The maximum Gasteiger partial charge on any atom is 0.408 e. The lowest BCUT2D eigenvalue weighted by molar-refractivity contribution is -0.146. The van der Waals surface area contributed by atoms with Gasteiger partial charge in [-0.05, 0) is 63.5 Å². The third-order valence-electron chi connectivity index (χ3n) is 6.84. The fraction of sp³-hybridized carbons (Fsp3) is 0.700. The van der Waals surface area contributed by atoms with E-state index in [4.69, 9.17) is 18.9 Å². The Morgan fingerprint density at radius 2 is 1.85 bits per heavy atom. The highest BCUT2D eigenvalue weighted by Gasteiger charge is 2.42. The quantitative estimate of drug-likeness (QED) is 0.231. The zero-order valence-electron chi connectivity index (χ0n) is 24.9. The SMILES string of the molecule is COCCCOc1cccc(NC(=O)C[C@@H](C[C@H](NC(=O)OC(C)(C)C)[C@@H]2C[C@@H](C(C)C)C(=O)O2)C(C)C)c1. The minimum atomic E-state index is -0.666. The maximum atomic E-state index is 13.1. The average Bonchev–Trinajstić information content (AvgIpc) is 3.21. The van der Waals surface area contributed by atoms with Crippen LogP contribution >= 0.6 is 0 Å². The number of carbonyl (C=O) groups excluding carboxylic acids is 3. The molecule has 0 aromatic heterocycles. The summed E-state index contributed by atoms with van der Waals surface area (Å²) in [6.45, 7) is 14.6. The molecule has 9 nitrogen and oxygen atoms in total. The number of alkyl carbamates (subject to hydrolysis) is 1. The number of carbonyl (C=O) groups is 3. The number of nitrogens with one attached hydrogen (secondary N) is 2. The molecule has 2 N–H and O–H groups in total. The molecule has 39 heavy (non-hydrogen) atoms. The second kappa shape index (κ2) is 15.1. The van der Waals surface area contributed by atoms with Gasteiger partial charge in [0.05, 0.1) is 18.6 Å². The molecule has 1 saturated heterocycles. The number of amides is 2. The second-order valence-electron chi connectivity index (χ2n) is 12.0. The van der Waals surface area contributed by atoms with Crippen LogP contribution in [0.1, 0.15) is 74.1 Å². The van der Waals surface area contributed by atoms with Crippen molar-refractivity contribution < 1.29 is 33.3 Å². The van der Waals surface area contributed by atoms with Crippen LogP contribution < -0.4 is 15.4 Å². The first-order valence-corrected chi connectivity index (χ1v) is 14.0. The van der Waals surface area contributed by atoms with Gasteiger partial charge in [-0.2, -0.15) is 0 Å². The van der Waals surface area contributed by atoms with E-state index in [2.05, 4.69) is 24.5 Å². The van der Waals surface area contributed by atoms with E-state index in [0.29, 0.717) is 37.5 Å². The van der Waals surface area contributed by atoms with Crippen molar-refractivity contribution in [3.05, 3.63) is 24.3 Å². The second-order valence-corrected chi connectivity index (χ2v) is 12.0. The van der Waals surface area contributed by atoms with E-state index in [1.807, 2.05) is 32.0 Å². The highest BCUT2D eigenvalue weighted by atomic mass is 16.6. The van der Waals surface area contributed by atoms with Crippen molar-refractivity contribution in [3.63, 3.8) is 0 Å². The van der Waals surface area contributed by atoms with Crippen LogP contribution in [0.2, 0.25) is 0 Å². The van der Waals surface area contributed by atoms with Gasteiger partial charge in [-0.25, -0.2) is 4.79 Å². The van der Waals surface area contributed by atoms with Gasteiger partial charge >= 0.3 is 12.1 Å². The lowest BCUT2D eigenvalue weighted by Gasteiger charge is -2.30. The van der Waals surface area contributed by atoms with Crippen molar-refractivity contribution in [2.75, 3.05) is 25.6 Å². The van der Waals surface area contributed by atoms with Crippen LogP contribution in [0.25, 0.3) is 0 Å². The molecule has 220 valence electrons. The molecule has 0 spiro atoms. The van der Waals surface area contributed by atoms with Gasteiger partial charge in [0.25, 0.3) is 0 Å². The summed E-state index contributed by atoms with van der Waals surface area (Å²) in [6.07, 6.45) is 0.966. The molecule has 2 rings (SSSR count). The first-order chi connectivity index (χ1) is 18.3. The topological polar surface area (TPSA) is 112 Å². The Balaban J connectivity index is 2.09. The zero-order chi connectivity index (χ0) is 29.2. The average molecular weight is 549 g/mol. The number of methoxy groups -OCH3 is 1. The molecule has 0 saturated carbocycles. The highest BCUT2D eigenvalue weighted by Crippen LogP contribution is 2.33. The van der Waals surface area contributed by atoms with Crippen molar-refractivity contribution in [3.8, 4) is 5.75 Å². The van der Waals surface area contributed by atoms with Crippen LogP contribution in [0.4, 0.5) is 10.5 Å². The number of hydrogen-bond donors (Lipinski definition) is 2. The summed E-state index contributed by atoms with van der Waals surface area (Å²) in [5.74, 6) is 0.286. The number of esters is 1. The number of hydrogen-bond acceptors (Lipinski definition) is 7. The Hall–Kier alpha value is -2.81. The third-order valence-corrected chi connectivity index (χ3v) is 6.84. The number of rotatable bonds is 14. The Morgan fingerprint density at radius 3 is 2.44 bits per heavy atom. The molecule has 0 radical (unpaired) electrons. The molecule has 1 aliphatic rings. The van der Waals surface area contributed by atoms with Crippen molar-refractivity contribution in [1.29, 1.82) is 0 Å². The molecule has 1 heterocycles. The lowest BCUT2D eigenvalue weighted by atomic mass is 9.83. The fourth-order valence-corrected chi connectivity index (χ4v) is 4.61. The van der Waals surface area contributed by atoms with E-state index >= 15 is 0 Å². The lowest BCUT2D eigenvalue weighted by Crippen LogP contribution is -2.47. The van der Waals surface area contributed by atoms with Gasteiger partial charge in [-0.15, -0.1) is 0 Å². The van der Waals surface area contributed by atoms with Gasteiger partial charge in [0, 0.05) is 38.3 Å². The summed E-state index contributed by atoms with van der Waals surface area (Å²) in [5, 5.41) is 5.92. The van der Waals surface area contributed by atoms with E-state index in [0.717, 1.165) is 6.42 Å². The predicted octanol–water partition coefficient (Wildman–Crippen LogP) is 5.57. The van der Waals surface area contributed by atoms with E-state index in [1.165, 1.54) is 0 Å². The van der Waals surface area contributed by atoms with Crippen LogP contribution in [-0.2, 0) is 23.8 Å². The van der Waals surface area contributed by atoms with Gasteiger partial charge in [-0.3, -0.25) is 9.59 Å².